The molecule has 0 aliphatic carbocycles. The van der Waals surface area contributed by atoms with Crippen molar-refractivity contribution < 1.29 is 22.3 Å². The molecule has 2 aromatic heterocycles. The molecule has 0 saturated heterocycles. The average Bonchev–Trinajstić information content (AvgIpc) is 3.17. The van der Waals surface area contributed by atoms with Crippen LogP contribution in [-0.4, -0.2) is 47.1 Å². The molecule has 3 heterocycles. The number of amides is 1. The van der Waals surface area contributed by atoms with E-state index in [0.717, 1.165) is 10.2 Å². The highest BCUT2D eigenvalue weighted by atomic mass is 35.5. The standard InChI is InChI=1S/C23H23ClFN3O4S/c1-23(2,3)32-22(29)27-11-9-15(10-12-27)19-13-17-20(24)18(25)14-26-21(17)28(19)33(30,31)16-7-5-4-6-8-16/h4-9,13-14H,10-12H2,1-3H3. The molecule has 1 amide bonds. The fraction of sp³-hybridized carbons (Fsp3) is 0.304. The van der Waals surface area contributed by atoms with E-state index in [1.54, 1.807) is 49.9 Å². The summed E-state index contributed by atoms with van der Waals surface area (Å²) in [5.74, 6) is -0.737. The van der Waals surface area contributed by atoms with E-state index in [-0.39, 0.29) is 27.5 Å². The van der Waals surface area contributed by atoms with Crippen LogP contribution in [0.5, 0.6) is 0 Å². The maximum absolute atomic E-state index is 14.1. The summed E-state index contributed by atoms with van der Waals surface area (Å²) >= 11 is 6.16. The summed E-state index contributed by atoms with van der Waals surface area (Å²) in [6.07, 6.45) is 2.61. The lowest BCUT2D eigenvalue weighted by molar-refractivity contribution is 0.0270. The molecule has 0 spiro atoms. The van der Waals surface area contributed by atoms with Crippen LogP contribution >= 0.6 is 11.6 Å². The van der Waals surface area contributed by atoms with Crippen molar-refractivity contribution in [2.24, 2.45) is 0 Å². The van der Waals surface area contributed by atoms with Crippen LogP contribution in [0.25, 0.3) is 16.6 Å². The average molecular weight is 492 g/mol. The van der Waals surface area contributed by atoms with E-state index in [2.05, 4.69) is 4.98 Å². The largest absolute Gasteiger partial charge is 0.444 e. The Bertz CT molecular complexity index is 1360. The predicted octanol–water partition coefficient (Wildman–Crippen LogP) is 5.09. The topological polar surface area (TPSA) is 81.5 Å². The molecule has 10 heteroatoms. The highest BCUT2D eigenvalue weighted by Gasteiger charge is 2.30. The predicted molar refractivity (Wildman–Crippen MR) is 124 cm³/mol. The maximum atomic E-state index is 14.1. The molecule has 0 fully saturated rings. The van der Waals surface area contributed by atoms with Gasteiger partial charge < -0.3 is 9.64 Å². The molecule has 0 bridgehead atoms. The molecule has 4 rings (SSSR count). The number of ether oxygens (including phenoxy) is 1. The highest BCUT2D eigenvalue weighted by Crippen LogP contribution is 2.35. The number of carbonyl (C=O) groups is 1. The minimum absolute atomic E-state index is 0.0377. The van der Waals surface area contributed by atoms with Crippen LogP contribution in [0.2, 0.25) is 5.02 Å². The lowest BCUT2D eigenvalue weighted by atomic mass is 10.1. The molecule has 1 aliphatic heterocycles. The summed E-state index contributed by atoms with van der Waals surface area (Å²) in [5, 5.41) is -0.00306. The number of nitrogens with zero attached hydrogens (tertiary/aromatic N) is 3. The van der Waals surface area contributed by atoms with Gasteiger partial charge in [0.15, 0.2) is 11.5 Å². The zero-order valence-corrected chi connectivity index (χ0v) is 20.0. The van der Waals surface area contributed by atoms with Crippen molar-refractivity contribution in [2.45, 2.75) is 37.7 Å². The number of fused-ring (bicyclic) bond motifs is 1. The smallest absolute Gasteiger partial charge is 0.410 e. The summed E-state index contributed by atoms with van der Waals surface area (Å²) in [6, 6.07) is 9.45. The van der Waals surface area contributed by atoms with Crippen molar-refractivity contribution in [3.63, 3.8) is 0 Å². The monoisotopic (exact) mass is 491 g/mol. The molecule has 0 radical (unpaired) electrons. The van der Waals surface area contributed by atoms with Crippen LogP contribution in [0.15, 0.2) is 53.6 Å². The zero-order chi connectivity index (χ0) is 24.0. The molecule has 0 saturated carbocycles. The second kappa shape index (κ2) is 8.46. The van der Waals surface area contributed by atoms with Crippen LogP contribution in [-0.2, 0) is 14.8 Å². The summed E-state index contributed by atoms with van der Waals surface area (Å²) < 4.78 is 47.8. The number of hydrogen-bond donors (Lipinski definition) is 0. The molecular formula is C23H23ClFN3O4S. The molecule has 1 aromatic carbocycles. The van der Waals surface area contributed by atoms with Crippen LogP contribution < -0.4 is 0 Å². The van der Waals surface area contributed by atoms with Gasteiger partial charge in [-0.3, -0.25) is 0 Å². The Morgan fingerprint density at radius 3 is 2.52 bits per heavy atom. The lowest BCUT2D eigenvalue weighted by Crippen LogP contribution is -2.39. The lowest BCUT2D eigenvalue weighted by Gasteiger charge is -2.29. The Labute approximate surface area is 196 Å². The minimum atomic E-state index is -4.06. The Morgan fingerprint density at radius 2 is 1.91 bits per heavy atom. The number of pyridine rings is 1. The number of benzene rings is 1. The number of hydrogen-bond acceptors (Lipinski definition) is 5. The summed E-state index contributed by atoms with van der Waals surface area (Å²) in [7, 11) is -4.06. The first-order valence-corrected chi connectivity index (χ1v) is 12.1. The van der Waals surface area contributed by atoms with Crippen molar-refractivity contribution in [1.82, 2.24) is 13.9 Å². The molecule has 0 unspecified atom stereocenters. The van der Waals surface area contributed by atoms with E-state index in [9.17, 15) is 17.6 Å². The van der Waals surface area contributed by atoms with Crippen molar-refractivity contribution in [2.75, 3.05) is 13.1 Å². The zero-order valence-electron chi connectivity index (χ0n) is 18.4. The SMILES string of the molecule is CC(C)(C)OC(=O)N1CC=C(c2cc3c(Cl)c(F)cnc3n2S(=O)(=O)c2ccccc2)CC1. The molecule has 3 aromatic rings. The number of rotatable bonds is 3. The van der Waals surface area contributed by atoms with E-state index >= 15 is 0 Å². The van der Waals surface area contributed by atoms with Gasteiger partial charge in [-0.15, -0.1) is 0 Å². The summed E-state index contributed by atoms with van der Waals surface area (Å²) in [5.41, 5.74) is 0.432. The van der Waals surface area contributed by atoms with Crippen LogP contribution in [0.1, 0.15) is 32.9 Å². The highest BCUT2D eigenvalue weighted by molar-refractivity contribution is 7.90. The quantitative estimate of drug-likeness (QED) is 0.509. The number of halogens is 2. The van der Waals surface area contributed by atoms with Crippen LogP contribution in [0.3, 0.4) is 0 Å². The van der Waals surface area contributed by atoms with E-state index < -0.39 is 27.5 Å². The Kier molecular flexibility index (Phi) is 5.96. The third-order valence-corrected chi connectivity index (χ3v) is 7.25. The van der Waals surface area contributed by atoms with E-state index in [1.165, 1.54) is 18.2 Å². The molecule has 33 heavy (non-hydrogen) atoms. The van der Waals surface area contributed by atoms with Gasteiger partial charge >= 0.3 is 6.09 Å². The van der Waals surface area contributed by atoms with Gasteiger partial charge in [0, 0.05) is 18.5 Å². The van der Waals surface area contributed by atoms with Gasteiger partial charge in [-0.25, -0.2) is 26.6 Å². The summed E-state index contributed by atoms with van der Waals surface area (Å²) in [6.45, 7) is 5.95. The van der Waals surface area contributed by atoms with Crippen molar-refractivity contribution in [1.29, 1.82) is 0 Å². The van der Waals surface area contributed by atoms with Gasteiger partial charge in [0.1, 0.15) is 5.60 Å². The first-order valence-electron chi connectivity index (χ1n) is 10.3. The van der Waals surface area contributed by atoms with Gasteiger partial charge in [-0.1, -0.05) is 35.9 Å². The van der Waals surface area contributed by atoms with E-state index in [0.29, 0.717) is 24.2 Å². The van der Waals surface area contributed by atoms with Crippen molar-refractivity contribution in [3.05, 3.63) is 65.2 Å². The van der Waals surface area contributed by atoms with E-state index in [1.807, 2.05) is 0 Å². The molecule has 7 nitrogen and oxygen atoms in total. The fourth-order valence-corrected chi connectivity index (χ4v) is 5.33. The van der Waals surface area contributed by atoms with Crippen LogP contribution in [0.4, 0.5) is 9.18 Å². The second-order valence-electron chi connectivity index (χ2n) is 8.68. The van der Waals surface area contributed by atoms with Crippen LogP contribution in [0, 0.1) is 5.82 Å². The molecule has 0 atom stereocenters. The van der Waals surface area contributed by atoms with Crippen molar-refractivity contribution >= 4 is 44.3 Å². The molecular weight excluding hydrogens is 469 g/mol. The van der Waals surface area contributed by atoms with E-state index in [4.69, 9.17) is 16.3 Å². The normalized spacial score (nSPS) is 14.9. The third-order valence-electron chi connectivity index (χ3n) is 5.15. The first kappa shape index (κ1) is 23.3. The Balaban J connectivity index is 1.81. The first-order chi connectivity index (χ1) is 15.5. The maximum Gasteiger partial charge on any atom is 0.410 e. The van der Waals surface area contributed by atoms with Gasteiger partial charge in [0.05, 0.1) is 21.8 Å². The molecule has 1 aliphatic rings. The fourth-order valence-electron chi connectivity index (χ4n) is 3.63. The summed E-state index contributed by atoms with van der Waals surface area (Å²) in [4.78, 5) is 18.0. The Hall–Kier alpha value is -2.91. The third kappa shape index (κ3) is 4.47. The minimum Gasteiger partial charge on any atom is -0.444 e. The molecule has 174 valence electrons. The molecule has 0 N–H and O–H groups in total. The van der Waals surface area contributed by atoms with Gasteiger partial charge in [0.25, 0.3) is 10.0 Å². The van der Waals surface area contributed by atoms with Gasteiger partial charge in [0.2, 0.25) is 0 Å². The van der Waals surface area contributed by atoms with Gasteiger partial charge in [-0.05, 0) is 51.0 Å². The Morgan fingerprint density at radius 1 is 1.21 bits per heavy atom. The number of aromatic nitrogens is 2. The van der Waals surface area contributed by atoms with Gasteiger partial charge in [-0.2, -0.15) is 0 Å². The number of carbonyl (C=O) groups excluding carboxylic acids is 1. The van der Waals surface area contributed by atoms with Crippen molar-refractivity contribution in [3.8, 4) is 0 Å². The second-order valence-corrected chi connectivity index (χ2v) is 10.8.